The number of carbonyl (C=O) groups excluding carboxylic acids is 1. The standard InChI is InChI=1S/C19H22ClNO2/c1-12(2)15-8-5-6-11-18(15)23-14(4)19(22)21-17-10-7-9-16(20)13(17)3/h5-12,14H,1-4H3,(H,21,22)/t14-/m1/s1. The SMILES string of the molecule is Cc1c(Cl)cccc1NC(=O)[C@@H](C)Oc1ccccc1C(C)C. The summed E-state index contributed by atoms with van der Waals surface area (Å²) in [5, 5.41) is 3.50. The van der Waals surface area contributed by atoms with Crippen molar-refractivity contribution >= 4 is 23.2 Å². The monoisotopic (exact) mass is 331 g/mol. The zero-order valence-corrected chi connectivity index (χ0v) is 14.6. The van der Waals surface area contributed by atoms with Gasteiger partial charge in [-0.25, -0.2) is 0 Å². The van der Waals surface area contributed by atoms with Gasteiger partial charge in [0.2, 0.25) is 0 Å². The third-order valence-corrected chi connectivity index (χ3v) is 4.15. The molecule has 0 aliphatic heterocycles. The predicted molar refractivity (Wildman–Crippen MR) is 95.4 cm³/mol. The van der Waals surface area contributed by atoms with E-state index in [4.69, 9.17) is 16.3 Å². The number of ether oxygens (including phenoxy) is 1. The van der Waals surface area contributed by atoms with Gasteiger partial charge >= 0.3 is 0 Å². The van der Waals surface area contributed by atoms with Crippen molar-refractivity contribution in [2.75, 3.05) is 5.32 Å². The Labute approximate surface area is 142 Å². The maximum absolute atomic E-state index is 12.4. The molecule has 0 aliphatic carbocycles. The fourth-order valence-corrected chi connectivity index (χ4v) is 2.46. The highest BCUT2D eigenvalue weighted by molar-refractivity contribution is 6.31. The lowest BCUT2D eigenvalue weighted by molar-refractivity contribution is -0.122. The van der Waals surface area contributed by atoms with Gasteiger partial charge in [-0.15, -0.1) is 0 Å². The lowest BCUT2D eigenvalue weighted by atomic mass is 10.0. The van der Waals surface area contributed by atoms with Crippen molar-refractivity contribution in [1.82, 2.24) is 0 Å². The lowest BCUT2D eigenvalue weighted by Crippen LogP contribution is -2.30. The third kappa shape index (κ3) is 4.26. The molecule has 1 N–H and O–H groups in total. The van der Waals surface area contributed by atoms with Crippen molar-refractivity contribution in [1.29, 1.82) is 0 Å². The molecular weight excluding hydrogens is 310 g/mol. The van der Waals surface area contributed by atoms with Crippen LogP contribution in [0.2, 0.25) is 5.02 Å². The Kier molecular flexibility index (Phi) is 5.67. The Balaban J connectivity index is 2.10. The summed E-state index contributed by atoms with van der Waals surface area (Å²) in [4.78, 5) is 12.4. The van der Waals surface area contributed by atoms with Crippen molar-refractivity contribution in [3.05, 3.63) is 58.6 Å². The predicted octanol–water partition coefficient (Wildman–Crippen LogP) is 5.18. The van der Waals surface area contributed by atoms with Gasteiger partial charge in [0.15, 0.2) is 6.10 Å². The molecule has 0 aromatic heterocycles. The van der Waals surface area contributed by atoms with E-state index in [1.165, 1.54) is 0 Å². The molecule has 4 heteroatoms. The van der Waals surface area contributed by atoms with Gasteiger partial charge < -0.3 is 10.1 Å². The molecule has 0 radical (unpaired) electrons. The Morgan fingerprint density at radius 2 is 1.78 bits per heavy atom. The van der Waals surface area contributed by atoms with E-state index in [1.54, 1.807) is 13.0 Å². The molecule has 2 aromatic carbocycles. The van der Waals surface area contributed by atoms with Gasteiger partial charge in [-0.2, -0.15) is 0 Å². The van der Waals surface area contributed by atoms with E-state index in [2.05, 4.69) is 19.2 Å². The number of halogens is 1. The van der Waals surface area contributed by atoms with Crippen LogP contribution in [0.3, 0.4) is 0 Å². The molecule has 0 saturated heterocycles. The molecular formula is C19H22ClNO2. The average molecular weight is 332 g/mol. The molecule has 1 atom stereocenters. The van der Waals surface area contributed by atoms with E-state index in [0.29, 0.717) is 16.6 Å². The third-order valence-electron chi connectivity index (χ3n) is 3.74. The van der Waals surface area contributed by atoms with Crippen molar-refractivity contribution in [2.45, 2.75) is 39.7 Å². The minimum absolute atomic E-state index is 0.200. The number of rotatable bonds is 5. The zero-order valence-electron chi connectivity index (χ0n) is 13.9. The summed E-state index contributed by atoms with van der Waals surface area (Å²) in [5.74, 6) is 0.874. The van der Waals surface area contributed by atoms with E-state index in [-0.39, 0.29) is 5.91 Å². The number of para-hydroxylation sites is 1. The van der Waals surface area contributed by atoms with Crippen LogP contribution in [0.5, 0.6) is 5.75 Å². The number of nitrogens with one attached hydrogen (secondary N) is 1. The molecule has 2 rings (SSSR count). The molecule has 3 nitrogen and oxygen atoms in total. The number of benzene rings is 2. The topological polar surface area (TPSA) is 38.3 Å². The summed E-state index contributed by atoms with van der Waals surface area (Å²) in [6.45, 7) is 7.81. The first-order valence-corrected chi connectivity index (χ1v) is 8.09. The minimum atomic E-state index is -0.603. The first-order valence-electron chi connectivity index (χ1n) is 7.71. The van der Waals surface area contributed by atoms with Gasteiger partial charge in [-0.1, -0.05) is 49.7 Å². The van der Waals surface area contributed by atoms with Crippen molar-refractivity contribution in [3.63, 3.8) is 0 Å². The highest BCUT2D eigenvalue weighted by Gasteiger charge is 2.18. The van der Waals surface area contributed by atoms with Crippen LogP contribution in [0, 0.1) is 6.92 Å². The average Bonchev–Trinajstić information content (AvgIpc) is 2.52. The van der Waals surface area contributed by atoms with Crippen LogP contribution in [0.25, 0.3) is 0 Å². The van der Waals surface area contributed by atoms with E-state index in [9.17, 15) is 4.79 Å². The number of hydrogen-bond acceptors (Lipinski definition) is 2. The van der Waals surface area contributed by atoms with Crippen LogP contribution < -0.4 is 10.1 Å². The normalized spacial score (nSPS) is 12.1. The molecule has 122 valence electrons. The van der Waals surface area contributed by atoms with Crippen molar-refractivity contribution in [2.24, 2.45) is 0 Å². The maximum Gasteiger partial charge on any atom is 0.265 e. The van der Waals surface area contributed by atoms with Gasteiger partial charge in [-0.05, 0) is 49.1 Å². The van der Waals surface area contributed by atoms with E-state index in [1.807, 2.05) is 43.3 Å². The Hall–Kier alpha value is -2.00. The summed E-state index contributed by atoms with van der Waals surface area (Å²) < 4.78 is 5.87. The van der Waals surface area contributed by atoms with E-state index >= 15 is 0 Å². The quantitative estimate of drug-likeness (QED) is 0.820. The summed E-state index contributed by atoms with van der Waals surface area (Å²) in [6.07, 6.45) is -0.603. The highest BCUT2D eigenvalue weighted by atomic mass is 35.5. The number of hydrogen-bond donors (Lipinski definition) is 1. The summed E-state index contributed by atoms with van der Waals surface area (Å²) >= 11 is 6.08. The van der Waals surface area contributed by atoms with Crippen LogP contribution in [-0.2, 0) is 4.79 Å². The largest absolute Gasteiger partial charge is 0.481 e. The summed E-state index contributed by atoms with van der Waals surface area (Å²) in [6, 6.07) is 13.2. The molecule has 2 aromatic rings. The molecule has 0 unspecified atom stereocenters. The highest BCUT2D eigenvalue weighted by Crippen LogP contribution is 2.27. The van der Waals surface area contributed by atoms with Gasteiger partial charge in [0.05, 0.1) is 0 Å². The zero-order chi connectivity index (χ0) is 17.0. The Morgan fingerprint density at radius 1 is 1.09 bits per heavy atom. The fourth-order valence-electron chi connectivity index (χ4n) is 2.29. The minimum Gasteiger partial charge on any atom is -0.481 e. The van der Waals surface area contributed by atoms with Gasteiger partial charge in [0.1, 0.15) is 5.75 Å². The van der Waals surface area contributed by atoms with Crippen LogP contribution in [-0.4, -0.2) is 12.0 Å². The number of anilines is 1. The maximum atomic E-state index is 12.4. The van der Waals surface area contributed by atoms with Crippen LogP contribution in [0.15, 0.2) is 42.5 Å². The van der Waals surface area contributed by atoms with Crippen molar-refractivity contribution < 1.29 is 9.53 Å². The Bertz CT molecular complexity index is 698. The van der Waals surface area contributed by atoms with Crippen LogP contribution in [0.1, 0.15) is 37.8 Å². The molecule has 1 amide bonds. The van der Waals surface area contributed by atoms with Gasteiger partial charge in [0, 0.05) is 10.7 Å². The molecule has 0 heterocycles. The molecule has 0 aliphatic rings. The van der Waals surface area contributed by atoms with Crippen LogP contribution in [0.4, 0.5) is 5.69 Å². The molecule has 0 fully saturated rings. The first-order chi connectivity index (χ1) is 10.9. The van der Waals surface area contributed by atoms with Crippen LogP contribution >= 0.6 is 11.6 Å². The Morgan fingerprint density at radius 3 is 2.48 bits per heavy atom. The molecule has 23 heavy (non-hydrogen) atoms. The molecule has 0 spiro atoms. The van der Waals surface area contributed by atoms with Gasteiger partial charge in [0.25, 0.3) is 5.91 Å². The summed E-state index contributed by atoms with van der Waals surface area (Å²) in [7, 11) is 0. The number of amides is 1. The second-order valence-electron chi connectivity index (χ2n) is 5.85. The smallest absolute Gasteiger partial charge is 0.265 e. The van der Waals surface area contributed by atoms with E-state index < -0.39 is 6.10 Å². The van der Waals surface area contributed by atoms with Gasteiger partial charge in [-0.3, -0.25) is 4.79 Å². The summed E-state index contributed by atoms with van der Waals surface area (Å²) in [5.41, 5.74) is 2.64. The fraction of sp³-hybridized carbons (Fsp3) is 0.316. The van der Waals surface area contributed by atoms with E-state index in [0.717, 1.165) is 16.9 Å². The second-order valence-corrected chi connectivity index (χ2v) is 6.26. The molecule has 0 bridgehead atoms. The second kappa shape index (κ2) is 7.51. The molecule has 0 saturated carbocycles. The number of carbonyl (C=O) groups is 1. The lowest BCUT2D eigenvalue weighted by Gasteiger charge is -2.19. The first kappa shape index (κ1) is 17.4. The van der Waals surface area contributed by atoms with Crippen molar-refractivity contribution in [3.8, 4) is 5.75 Å².